The summed E-state index contributed by atoms with van der Waals surface area (Å²) in [5, 5.41) is 0. The number of benzene rings is 3. The van der Waals surface area contributed by atoms with Gasteiger partial charge in [0.05, 0.1) is 0 Å². The Morgan fingerprint density at radius 2 is 1.55 bits per heavy atom. The molecule has 0 bridgehead atoms. The molecule has 1 aliphatic rings. The van der Waals surface area contributed by atoms with Crippen LogP contribution in [0.1, 0.15) is 41.1 Å². The van der Waals surface area contributed by atoms with Gasteiger partial charge in [-0.25, -0.2) is 0 Å². The molecule has 4 rings (SSSR count). The molecule has 1 atom stereocenters. The van der Waals surface area contributed by atoms with E-state index in [2.05, 4.69) is 93.6 Å². The van der Waals surface area contributed by atoms with Crippen LogP contribution in [0.2, 0.25) is 0 Å². The molecule has 0 N–H and O–H groups in total. The second-order valence-corrected chi connectivity index (χ2v) is 16.7. The zero-order valence-electron chi connectivity index (χ0n) is 17.0. The first-order valence-electron chi connectivity index (χ1n) is 10.2. The number of hydrogen-bond donors (Lipinski definition) is 0. The summed E-state index contributed by atoms with van der Waals surface area (Å²) < 4.78 is 0.244. The molecule has 0 saturated heterocycles. The molecule has 3 aromatic rings. The van der Waals surface area contributed by atoms with Crippen molar-refractivity contribution in [1.29, 1.82) is 0 Å². The van der Waals surface area contributed by atoms with Crippen LogP contribution in [0, 0.1) is 5.92 Å². The summed E-state index contributed by atoms with van der Waals surface area (Å²) in [5.74, 6) is 0.440. The number of rotatable bonds is 5. The van der Waals surface area contributed by atoms with Crippen LogP contribution in [0.25, 0.3) is 28.3 Å². The predicted molar refractivity (Wildman–Crippen MR) is 124 cm³/mol. The topological polar surface area (TPSA) is 0 Å². The van der Waals surface area contributed by atoms with E-state index in [-0.39, 0.29) is 3.63 Å². The van der Waals surface area contributed by atoms with E-state index in [1.54, 1.807) is 0 Å². The van der Waals surface area contributed by atoms with Gasteiger partial charge in [-0.15, -0.1) is 0 Å². The van der Waals surface area contributed by atoms with Gasteiger partial charge in [0.1, 0.15) is 0 Å². The van der Waals surface area contributed by atoms with E-state index in [0.29, 0.717) is 5.92 Å². The van der Waals surface area contributed by atoms with Crippen molar-refractivity contribution in [2.24, 2.45) is 5.92 Å². The van der Waals surface area contributed by atoms with Crippen LogP contribution in [0.5, 0.6) is 0 Å². The van der Waals surface area contributed by atoms with Gasteiger partial charge in [0.2, 0.25) is 0 Å². The first kappa shape index (κ1) is 21.1. The van der Waals surface area contributed by atoms with Gasteiger partial charge < -0.3 is 0 Å². The van der Waals surface area contributed by atoms with Crippen molar-refractivity contribution in [2.75, 3.05) is 0 Å². The van der Waals surface area contributed by atoms with Crippen molar-refractivity contribution in [2.45, 2.75) is 30.8 Å². The van der Waals surface area contributed by atoms with Crippen molar-refractivity contribution < 1.29 is 19.4 Å². The maximum atomic E-state index is 6.69. The Morgan fingerprint density at radius 3 is 2.21 bits per heavy atom. The van der Waals surface area contributed by atoms with Crippen LogP contribution in [-0.4, -0.2) is 0 Å². The zero-order chi connectivity index (χ0) is 20.5. The van der Waals surface area contributed by atoms with Crippen molar-refractivity contribution in [1.82, 2.24) is 0 Å². The molecule has 147 valence electrons. The van der Waals surface area contributed by atoms with Gasteiger partial charge in [-0.2, -0.15) is 0 Å². The van der Waals surface area contributed by atoms with Gasteiger partial charge in [0, 0.05) is 0 Å². The SMILES string of the molecule is CCc1ccccc1-c1c(-c2ccccc2)ccc2c1C=C(C(C)C)[CH]2[Zr]([Cl])[Cl]. The molecule has 0 heterocycles. The summed E-state index contributed by atoms with van der Waals surface area (Å²) in [6, 6.07) is 24.0. The quantitative estimate of drug-likeness (QED) is 0.330. The molecule has 1 aliphatic carbocycles. The summed E-state index contributed by atoms with van der Waals surface area (Å²) >= 11 is -2.53. The molecule has 29 heavy (non-hydrogen) atoms. The fourth-order valence-electron chi connectivity index (χ4n) is 4.44. The average Bonchev–Trinajstić information content (AvgIpc) is 3.14. The van der Waals surface area contributed by atoms with Gasteiger partial charge in [-0.05, 0) is 0 Å². The Labute approximate surface area is 189 Å². The Balaban J connectivity index is 2.06. The van der Waals surface area contributed by atoms with Crippen LogP contribution >= 0.6 is 17.0 Å². The molecule has 3 heteroatoms. The van der Waals surface area contributed by atoms with E-state index in [4.69, 9.17) is 17.0 Å². The molecule has 0 radical (unpaired) electrons. The number of hydrogen-bond acceptors (Lipinski definition) is 0. The average molecular weight is 500 g/mol. The van der Waals surface area contributed by atoms with Crippen molar-refractivity contribution in [3.05, 3.63) is 89.0 Å². The van der Waals surface area contributed by atoms with Crippen molar-refractivity contribution in [3.8, 4) is 22.3 Å². The number of halogens is 2. The molecule has 0 spiro atoms. The molecular formula is C26H25Cl2Zr. The van der Waals surface area contributed by atoms with Gasteiger partial charge >= 0.3 is 190 Å². The second-order valence-electron chi connectivity index (χ2n) is 7.89. The normalized spacial score (nSPS) is 15.4. The van der Waals surface area contributed by atoms with Crippen LogP contribution in [0.15, 0.2) is 72.3 Å². The first-order chi connectivity index (χ1) is 14.0. The van der Waals surface area contributed by atoms with E-state index >= 15 is 0 Å². The molecule has 3 aromatic carbocycles. The summed E-state index contributed by atoms with van der Waals surface area (Å²) in [5.41, 5.74) is 10.6. The molecular weight excluding hydrogens is 474 g/mol. The number of fused-ring (bicyclic) bond motifs is 1. The molecule has 1 unspecified atom stereocenters. The van der Waals surface area contributed by atoms with E-state index in [1.165, 1.54) is 44.5 Å². The molecule has 0 aromatic heterocycles. The maximum absolute atomic E-state index is 6.69. The standard InChI is InChI=1S/C26H25.2ClH.Zr/c1-4-19-10-8-9-13-23(19)26-24(20-11-6-5-7-12-20)15-14-21-16-22(18(2)3)17-25(21)26;;;/h5-18H,4H2,1-3H3;2*1H;/q;;;+2/p-2. The minimum atomic E-state index is -2.53. The first-order valence-corrected chi connectivity index (χ1v) is 18.0. The van der Waals surface area contributed by atoms with E-state index in [0.717, 1.165) is 6.42 Å². The Bertz CT molecular complexity index is 1050. The zero-order valence-corrected chi connectivity index (χ0v) is 21.0. The number of aryl methyl sites for hydroxylation is 1. The van der Waals surface area contributed by atoms with Crippen molar-refractivity contribution in [3.63, 3.8) is 0 Å². The molecule has 0 nitrogen and oxygen atoms in total. The summed E-state index contributed by atoms with van der Waals surface area (Å²) in [6.45, 7) is 6.73. The summed E-state index contributed by atoms with van der Waals surface area (Å²) in [6.07, 6.45) is 3.40. The fourth-order valence-corrected chi connectivity index (χ4v) is 10.2. The minimum absolute atomic E-state index is 0.244. The molecule has 0 saturated carbocycles. The second kappa shape index (κ2) is 8.93. The van der Waals surface area contributed by atoms with Crippen LogP contribution in [0.3, 0.4) is 0 Å². The van der Waals surface area contributed by atoms with Crippen molar-refractivity contribution >= 4 is 23.1 Å². The van der Waals surface area contributed by atoms with Gasteiger partial charge in [-0.1, -0.05) is 0 Å². The third kappa shape index (κ3) is 3.95. The Hall–Kier alpha value is -1.14. The number of allylic oxidation sites excluding steroid dienone is 1. The molecule has 0 fully saturated rings. The molecule has 0 amide bonds. The van der Waals surface area contributed by atoms with Gasteiger partial charge in [-0.3, -0.25) is 0 Å². The predicted octanol–water partition coefficient (Wildman–Crippen LogP) is 8.60. The third-order valence-corrected chi connectivity index (χ3v) is 11.1. The third-order valence-electron chi connectivity index (χ3n) is 5.87. The van der Waals surface area contributed by atoms with Gasteiger partial charge in [0.15, 0.2) is 0 Å². The Morgan fingerprint density at radius 1 is 0.862 bits per heavy atom. The van der Waals surface area contributed by atoms with Crippen LogP contribution in [-0.2, 0) is 25.8 Å². The van der Waals surface area contributed by atoms with Gasteiger partial charge in [0.25, 0.3) is 0 Å². The monoisotopic (exact) mass is 497 g/mol. The van der Waals surface area contributed by atoms with Crippen LogP contribution < -0.4 is 0 Å². The summed E-state index contributed by atoms with van der Waals surface area (Å²) in [7, 11) is 13.4. The van der Waals surface area contributed by atoms with Crippen LogP contribution in [0.4, 0.5) is 0 Å². The molecule has 0 aliphatic heterocycles. The summed E-state index contributed by atoms with van der Waals surface area (Å²) in [4.78, 5) is 0. The van der Waals surface area contributed by atoms with E-state index in [9.17, 15) is 0 Å². The fraction of sp³-hybridized carbons (Fsp3) is 0.231. The van der Waals surface area contributed by atoms with E-state index in [1.807, 2.05) is 0 Å². The van der Waals surface area contributed by atoms with E-state index < -0.39 is 19.4 Å². The Kier molecular flexibility index (Phi) is 6.50.